The molecule has 0 bridgehead atoms. The number of hydrogen-bond acceptors (Lipinski definition) is 3. The molecule has 15 heavy (non-hydrogen) atoms. The van der Waals surface area contributed by atoms with Crippen LogP contribution in [0.2, 0.25) is 0 Å². The van der Waals surface area contributed by atoms with Crippen LogP contribution in [0.3, 0.4) is 0 Å². The topological polar surface area (TPSA) is 98.2 Å². The zero-order chi connectivity index (χ0) is 12.0. The average Bonchev–Trinajstić information content (AvgIpc) is 2.01. The first kappa shape index (κ1) is 13.8. The van der Waals surface area contributed by atoms with Crippen molar-refractivity contribution < 1.29 is 9.59 Å². The highest BCUT2D eigenvalue weighted by Crippen LogP contribution is 2.04. The monoisotopic (exact) mass is 231 g/mol. The molecule has 0 spiro atoms. The molecule has 0 fully saturated rings. The number of carbonyl (C=O) groups is 2. The van der Waals surface area contributed by atoms with Gasteiger partial charge < -0.3 is 16.8 Å². The minimum atomic E-state index is -0.477. The van der Waals surface area contributed by atoms with Gasteiger partial charge in [-0.3, -0.25) is 9.59 Å². The van der Waals surface area contributed by atoms with Crippen molar-refractivity contribution >= 4 is 29.0 Å². The second-order valence-electron chi connectivity index (χ2n) is 3.44. The lowest BCUT2D eigenvalue weighted by molar-refractivity contribution is -0.124. The summed E-state index contributed by atoms with van der Waals surface area (Å²) in [7, 11) is 0. The zero-order valence-electron chi connectivity index (χ0n) is 8.95. The fraction of sp³-hybridized carbons (Fsp3) is 0.667. The van der Waals surface area contributed by atoms with E-state index < -0.39 is 11.8 Å². The van der Waals surface area contributed by atoms with Crippen LogP contribution in [-0.2, 0) is 9.59 Å². The van der Waals surface area contributed by atoms with Crippen LogP contribution in [-0.4, -0.2) is 22.8 Å². The number of thiocarbonyl (C=S) groups is 1. The van der Waals surface area contributed by atoms with E-state index in [1.54, 1.807) is 6.92 Å². The molecular formula is C9H17N3O2S. The van der Waals surface area contributed by atoms with Crippen LogP contribution >= 0.6 is 12.2 Å². The van der Waals surface area contributed by atoms with Crippen LogP contribution in [0.1, 0.15) is 26.7 Å². The van der Waals surface area contributed by atoms with E-state index in [1.165, 1.54) is 0 Å². The van der Waals surface area contributed by atoms with Gasteiger partial charge in [-0.05, 0) is 13.3 Å². The Morgan fingerprint density at radius 2 is 1.93 bits per heavy atom. The lowest BCUT2D eigenvalue weighted by Crippen LogP contribution is -2.42. The largest absolute Gasteiger partial charge is 0.393 e. The molecule has 0 heterocycles. The summed E-state index contributed by atoms with van der Waals surface area (Å²) in [6.07, 6.45) is 0.657. The highest BCUT2D eigenvalue weighted by Gasteiger charge is 2.20. The molecule has 2 amide bonds. The molecule has 0 radical (unpaired) electrons. The van der Waals surface area contributed by atoms with Gasteiger partial charge in [-0.15, -0.1) is 0 Å². The van der Waals surface area contributed by atoms with E-state index >= 15 is 0 Å². The van der Waals surface area contributed by atoms with Crippen LogP contribution in [0.15, 0.2) is 0 Å². The van der Waals surface area contributed by atoms with Crippen molar-refractivity contribution in [3.8, 4) is 0 Å². The Kier molecular flexibility index (Phi) is 5.84. The van der Waals surface area contributed by atoms with Crippen molar-refractivity contribution in [1.29, 1.82) is 0 Å². The Hall–Kier alpha value is -1.17. The van der Waals surface area contributed by atoms with Crippen LogP contribution < -0.4 is 16.8 Å². The van der Waals surface area contributed by atoms with E-state index in [2.05, 4.69) is 5.32 Å². The summed E-state index contributed by atoms with van der Waals surface area (Å²) in [5.41, 5.74) is 10.4. The molecule has 5 N–H and O–H groups in total. The third-order valence-electron chi connectivity index (χ3n) is 1.96. The molecule has 0 aromatic heterocycles. The molecule has 0 rings (SSSR count). The summed E-state index contributed by atoms with van der Waals surface area (Å²) in [4.78, 5) is 22.3. The predicted octanol–water partition coefficient (Wildman–Crippen LogP) is -0.321. The van der Waals surface area contributed by atoms with Gasteiger partial charge in [0, 0.05) is 12.5 Å². The van der Waals surface area contributed by atoms with Crippen molar-refractivity contribution in [2.45, 2.75) is 32.7 Å². The van der Waals surface area contributed by atoms with Gasteiger partial charge in [0.25, 0.3) is 0 Å². The van der Waals surface area contributed by atoms with Gasteiger partial charge in [-0.2, -0.15) is 0 Å². The maximum absolute atomic E-state index is 11.6. The summed E-state index contributed by atoms with van der Waals surface area (Å²) in [6, 6.07) is -0.293. The minimum Gasteiger partial charge on any atom is -0.393 e. The molecule has 0 aliphatic carbocycles. The first-order valence-electron chi connectivity index (χ1n) is 4.76. The van der Waals surface area contributed by atoms with Crippen LogP contribution in [0, 0.1) is 5.92 Å². The second-order valence-corrected chi connectivity index (χ2v) is 3.91. The van der Waals surface area contributed by atoms with Gasteiger partial charge >= 0.3 is 0 Å². The van der Waals surface area contributed by atoms with E-state index in [0.717, 1.165) is 0 Å². The smallest absolute Gasteiger partial charge is 0.230 e. The first-order chi connectivity index (χ1) is 6.88. The molecule has 0 aliphatic heterocycles. The summed E-state index contributed by atoms with van der Waals surface area (Å²) in [6.45, 7) is 3.52. The number of nitrogens with one attached hydrogen (secondary N) is 1. The fourth-order valence-corrected chi connectivity index (χ4v) is 1.49. The highest BCUT2D eigenvalue weighted by molar-refractivity contribution is 7.80. The van der Waals surface area contributed by atoms with E-state index in [4.69, 9.17) is 23.7 Å². The van der Waals surface area contributed by atoms with Gasteiger partial charge in [0.05, 0.1) is 10.9 Å². The van der Waals surface area contributed by atoms with Gasteiger partial charge in [0.15, 0.2) is 0 Å². The highest BCUT2D eigenvalue weighted by atomic mass is 32.1. The van der Waals surface area contributed by atoms with Crippen molar-refractivity contribution in [3.63, 3.8) is 0 Å². The molecule has 0 aliphatic rings. The molecule has 0 saturated carbocycles. The molecule has 0 aromatic rings. The van der Waals surface area contributed by atoms with E-state index in [0.29, 0.717) is 6.42 Å². The summed E-state index contributed by atoms with van der Waals surface area (Å²) < 4.78 is 0. The molecule has 0 aromatic carbocycles. The number of nitrogens with two attached hydrogens (primary N) is 2. The van der Waals surface area contributed by atoms with Crippen molar-refractivity contribution in [1.82, 2.24) is 5.32 Å². The lowest BCUT2D eigenvalue weighted by atomic mass is 10.1. The van der Waals surface area contributed by atoms with E-state index in [9.17, 15) is 9.59 Å². The molecule has 2 unspecified atom stereocenters. The average molecular weight is 231 g/mol. The van der Waals surface area contributed by atoms with Crippen molar-refractivity contribution in [3.05, 3.63) is 0 Å². The Morgan fingerprint density at radius 1 is 1.40 bits per heavy atom. The number of rotatable bonds is 6. The van der Waals surface area contributed by atoms with Gasteiger partial charge in [0.2, 0.25) is 11.8 Å². The Labute approximate surface area is 94.6 Å². The summed E-state index contributed by atoms with van der Waals surface area (Å²) in [5.74, 6) is -1.18. The maximum Gasteiger partial charge on any atom is 0.230 e. The fourth-order valence-electron chi connectivity index (χ4n) is 1.21. The van der Waals surface area contributed by atoms with Gasteiger partial charge in [-0.1, -0.05) is 19.1 Å². The van der Waals surface area contributed by atoms with Gasteiger partial charge in [-0.25, -0.2) is 0 Å². The van der Waals surface area contributed by atoms with Crippen molar-refractivity contribution in [2.75, 3.05) is 0 Å². The Bertz CT molecular complexity index is 268. The quantitative estimate of drug-likeness (QED) is 0.546. The van der Waals surface area contributed by atoms with Crippen molar-refractivity contribution in [2.24, 2.45) is 17.4 Å². The third-order valence-corrected chi connectivity index (χ3v) is 2.25. The normalized spacial score (nSPS) is 14.0. The minimum absolute atomic E-state index is 0.111. The molecule has 2 atom stereocenters. The zero-order valence-corrected chi connectivity index (χ0v) is 9.76. The SMILES string of the molecule is CCC(C(=O)NC(C)CC(N)=O)C(N)=S. The molecule has 86 valence electrons. The lowest BCUT2D eigenvalue weighted by Gasteiger charge is -2.17. The van der Waals surface area contributed by atoms with E-state index in [-0.39, 0.29) is 23.4 Å². The first-order valence-corrected chi connectivity index (χ1v) is 5.17. The molecule has 0 saturated heterocycles. The third kappa shape index (κ3) is 5.31. The molecular weight excluding hydrogens is 214 g/mol. The molecule has 5 nitrogen and oxygen atoms in total. The Balaban J connectivity index is 4.22. The molecule has 6 heteroatoms. The second kappa shape index (κ2) is 6.34. The summed E-state index contributed by atoms with van der Waals surface area (Å²) >= 11 is 4.76. The van der Waals surface area contributed by atoms with Crippen LogP contribution in [0.5, 0.6) is 0 Å². The number of primary amides is 1. The number of carbonyl (C=O) groups excluding carboxylic acids is 2. The van der Waals surface area contributed by atoms with E-state index in [1.807, 2.05) is 6.92 Å². The maximum atomic E-state index is 11.6. The summed E-state index contributed by atoms with van der Waals surface area (Å²) in [5, 5.41) is 2.64. The number of hydrogen-bond donors (Lipinski definition) is 3. The van der Waals surface area contributed by atoms with Gasteiger partial charge in [0.1, 0.15) is 0 Å². The predicted molar refractivity (Wildman–Crippen MR) is 62.0 cm³/mol. The van der Waals surface area contributed by atoms with Crippen LogP contribution in [0.4, 0.5) is 0 Å². The Morgan fingerprint density at radius 3 is 2.27 bits per heavy atom. The van der Waals surface area contributed by atoms with Crippen LogP contribution in [0.25, 0.3) is 0 Å². The standard InChI is InChI=1S/C9H17N3O2S/c1-3-6(8(11)15)9(14)12-5(2)4-7(10)13/h5-6H,3-4H2,1-2H3,(H2,10,13)(H2,11,15)(H,12,14). The number of amides is 2.